The zero-order valence-corrected chi connectivity index (χ0v) is 12.8. The smallest absolute Gasteiger partial charge is 0.321 e. The highest BCUT2D eigenvalue weighted by Crippen LogP contribution is 2.14. The number of halogens is 1. The fourth-order valence-electron chi connectivity index (χ4n) is 1.60. The first-order chi connectivity index (χ1) is 9.52. The minimum Gasteiger partial charge on any atom is -0.459 e. The second-order valence-electron chi connectivity index (χ2n) is 5.54. The number of sulfone groups is 1. The van der Waals surface area contributed by atoms with Crippen molar-refractivity contribution in [2.24, 2.45) is 0 Å². The van der Waals surface area contributed by atoms with Gasteiger partial charge in [0, 0.05) is 0 Å². The van der Waals surface area contributed by atoms with E-state index in [0.717, 1.165) is 12.1 Å². The predicted molar refractivity (Wildman–Crippen MR) is 74.5 cm³/mol. The van der Waals surface area contributed by atoms with Gasteiger partial charge in [-0.2, -0.15) is 5.26 Å². The first-order valence-electron chi connectivity index (χ1n) is 6.13. The average molecular weight is 313 g/mol. The lowest BCUT2D eigenvalue weighted by Crippen LogP contribution is -2.29. The molecule has 0 aromatic heterocycles. The lowest BCUT2D eigenvalue weighted by molar-refractivity contribution is -0.151. The van der Waals surface area contributed by atoms with Crippen molar-refractivity contribution in [3.8, 4) is 6.07 Å². The molecule has 0 aliphatic rings. The zero-order chi connectivity index (χ0) is 16.3. The fraction of sp³-hybridized carbons (Fsp3) is 0.429. The molecule has 0 N–H and O–H groups in total. The molecule has 0 heterocycles. The number of hydrogen-bond donors (Lipinski definition) is 0. The molecule has 0 aliphatic heterocycles. The van der Waals surface area contributed by atoms with Crippen LogP contribution in [0.15, 0.2) is 18.2 Å². The highest BCUT2D eigenvalue weighted by Gasteiger charge is 2.23. The van der Waals surface area contributed by atoms with Crippen LogP contribution in [0.3, 0.4) is 0 Å². The van der Waals surface area contributed by atoms with E-state index in [-0.39, 0.29) is 11.1 Å². The van der Waals surface area contributed by atoms with Crippen LogP contribution in [0, 0.1) is 17.1 Å². The summed E-state index contributed by atoms with van der Waals surface area (Å²) in [6, 6.07) is 5.08. The highest BCUT2D eigenvalue weighted by atomic mass is 32.2. The molecular weight excluding hydrogens is 297 g/mol. The quantitative estimate of drug-likeness (QED) is 0.793. The standard InChI is InChI=1S/C14H16FNO4S/c1-14(2,3)20-13(17)9-21(18,19)8-10-4-5-12(15)11(6-10)7-16/h4-6H,8-9H2,1-3H3. The lowest BCUT2D eigenvalue weighted by Gasteiger charge is -2.19. The van der Waals surface area contributed by atoms with Gasteiger partial charge >= 0.3 is 5.97 Å². The SMILES string of the molecule is CC(C)(C)OC(=O)CS(=O)(=O)Cc1ccc(F)c(C#N)c1. The molecule has 0 fully saturated rings. The van der Waals surface area contributed by atoms with Crippen LogP contribution in [0.25, 0.3) is 0 Å². The molecule has 1 rings (SSSR count). The molecule has 0 saturated carbocycles. The molecule has 0 atom stereocenters. The number of carbonyl (C=O) groups is 1. The lowest BCUT2D eigenvalue weighted by atomic mass is 10.1. The summed E-state index contributed by atoms with van der Waals surface area (Å²) >= 11 is 0. The van der Waals surface area contributed by atoms with Gasteiger partial charge in [-0.3, -0.25) is 4.79 Å². The largest absolute Gasteiger partial charge is 0.459 e. The van der Waals surface area contributed by atoms with Gasteiger partial charge in [0.2, 0.25) is 0 Å². The highest BCUT2D eigenvalue weighted by molar-refractivity contribution is 7.91. The van der Waals surface area contributed by atoms with Crippen molar-refractivity contribution >= 4 is 15.8 Å². The van der Waals surface area contributed by atoms with Gasteiger partial charge in [-0.1, -0.05) is 6.07 Å². The minimum absolute atomic E-state index is 0.236. The summed E-state index contributed by atoms with van der Waals surface area (Å²) in [5.74, 6) is -2.78. The molecule has 0 amide bonds. The van der Waals surface area contributed by atoms with Crippen molar-refractivity contribution in [1.82, 2.24) is 0 Å². The normalized spacial score (nSPS) is 11.8. The Hall–Kier alpha value is -1.94. The van der Waals surface area contributed by atoms with Crippen LogP contribution in [0.1, 0.15) is 31.9 Å². The molecule has 0 saturated heterocycles. The number of nitriles is 1. The molecule has 0 spiro atoms. The Bertz CT molecular complexity index is 684. The molecule has 0 radical (unpaired) electrons. The van der Waals surface area contributed by atoms with E-state index >= 15 is 0 Å². The van der Waals surface area contributed by atoms with Gasteiger partial charge in [-0.25, -0.2) is 12.8 Å². The van der Waals surface area contributed by atoms with Gasteiger partial charge in [0.25, 0.3) is 0 Å². The number of ether oxygens (including phenoxy) is 1. The Morgan fingerprint density at radius 2 is 2.00 bits per heavy atom. The second-order valence-corrected chi connectivity index (χ2v) is 7.61. The van der Waals surface area contributed by atoms with E-state index in [4.69, 9.17) is 10.00 Å². The van der Waals surface area contributed by atoms with Crippen molar-refractivity contribution in [2.45, 2.75) is 32.1 Å². The maximum atomic E-state index is 13.2. The summed E-state index contributed by atoms with van der Waals surface area (Å²) < 4.78 is 41.9. The molecular formula is C14H16FNO4S. The van der Waals surface area contributed by atoms with Gasteiger partial charge in [-0.05, 0) is 38.5 Å². The van der Waals surface area contributed by atoms with E-state index in [0.29, 0.717) is 0 Å². The van der Waals surface area contributed by atoms with E-state index in [1.807, 2.05) is 0 Å². The average Bonchev–Trinajstić information content (AvgIpc) is 2.27. The molecule has 7 heteroatoms. The molecule has 21 heavy (non-hydrogen) atoms. The summed E-state index contributed by atoms with van der Waals surface area (Å²) in [7, 11) is -3.75. The zero-order valence-electron chi connectivity index (χ0n) is 12.0. The Morgan fingerprint density at radius 1 is 1.38 bits per heavy atom. The topological polar surface area (TPSA) is 84.2 Å². The van der Waals surface area contributed by atoms with E-state index in [2.05, 4.69) is 0 Å². The molecule has 1 aromatic carbocycles. The summed E-state index contributed by atoms with van der Waals surface area (Å²) in [6.07, 6.45) is 0. The molecule has 0 aliphatic carbocycles. The van der Waals surface area contributed by atoms with Crippen molar-refractivity contribution in [3.63, 3.8) is 0 Å². The van der Waals surface area contributed by atoms with Gasteiger partial charge < -0.3 is 4.74 Å². The van der Waals surface area contributed by atoms with Crippen LogP contribution >= 0.6 is 0 Å². The number of esters is 1. The van der Waals surface area contributed by atoms with Crippen LogP contribution < -0.4 is 0 Å². The van der Waals surface area contributed by atoms with Crippen LogP contribution in [0.4, 0.5) is 4.39 Å². The third-order valence-electron chi connectivity index (χ3n) is 2.30. The van der Waals surface area contributed by atoms with E-state index in [9.17, 15) is 17.6 Å². The van der Waals surface area contributed by atoms with Crippen LogP contribution in [0.2, 0.25) is 0 Å². The van der Waals surface area contributed by atoms with Gasteiger partial charge in [0.15, 0.2) is 9.84 Å². The van der Waals surface area contributed by atoms with Crippen LogP contribution in [-0.2, 0) is 25.1 Å². The number of nitrogens with zero attached hydrogens (tertiary/aromatic N) is 1. The van der Waals surface area contributed by atoms with Crippen molar-refractivity contribution in [2.75, 3.05) is 5.75 Å². The maximum Gasteiger partial charge on any atom is 0.321 e. The minimum atomic E-state index is -3.75. The first-order valence-corrected chi connectivity index (χ1v) is 7.95. The third kappa shape index (κ3) is 5.92. The Morgan fingerprint density at radius 3 is 2.52 bits per heavy atom. The second kappa shape index (κ2) is 6.22. The third-order valence-corrected chi connectivity index (χ3v) is 3.74. The number of carbonyl (C=O) groups excluding carboxylic acids is 1. The maximum absolute atomic E-state index is 13.2. The van der Waals surface area contributed by atoms with E-state index < -0.39 is 38.7 Å². The van der Waals surface area contributed by atoms with Crippen LogP contribution in [0.5, 0.6) is 0 Å². The number of benzene rings is 1. The number of hydrogen-bond acceptors (Lipinski definition) is 5. The van der Waals surface area contributed by atoms with Crippen molar-refractivity contribution < 1.29 is 22.3 Å². The van der Waals surface area contributed by atoms with Crippen molar-refractivity contribution in [1.29, 1.82) is 5.26 Å². The van der Waals surface area contributed by atoms with Crippen LogP contribution in [-0.4, -0.2) is 25.7 Å². The van der Waals surface area contributed by atoms with Gasteiger partial charge in [0.1, 0.15) is 23.2 Å². The van der Waals surface area contributed by atoms with Gasteiger partial charge in [0.05, 0.1) is 11.3 Å². The number of rotatable bonds is 4. The summed E-state index contributed by atoms with van der Waals surface area (Å²) in [4.78, 5) is 11.5. The predicted octanol–water partition coefficient (Wildman–Crippen LogP) is 1.95. The Labute approximate surface area is 123 Å². The first kappa shape index (κ1) is 17.1. The molecule has 5 nitrogen and oxygen atoms in total. The molecule has 0 bridgehead atoms. The summed E-state index contributed by atoms with van der Waals surface area (Å²) in [5.41, 5.74) is -0.757. The summed E-state index contributed by atoms with van der Waals surface area (Å²) in [5, 5.41) is 8.70. The van der Waals surface area contributed by atoms with E-state index in [1.54, 1.807) is 26.8 Å². The summed E-state index contributed by atoms with van der Waals surface area (Å²) in [6.45, 7) is 4.91. The fourth-order valence-corrected chi connectivity index (χ4v) is 2.81. The molecule has 1 aromatic rings. The Balaban J connectivity index is 2.82. The van der Waals surface area contributed by atoms with E-state index in [1.165, 1.54) is 6.07 Å². The molecule has 114 valence electrons. The molecule has 0 unspecified atom stereocenters. The monoisotopic (exact) mass is 313 g/mol. The Kier molecular flexibility index (Phi) is 5.07. The van der Waals surface area contributed by atoms with Gasteiger partial charge in [-0.15, -0.1) is 0 Å². The van der Waals surface area contributed by atoms with Crippen molar-refractivity contribution in [3.05, 3.63) is 35.1 Å².